The van der Waals surface area contributed by atoms with E-state index in [9.17, 15) is 9.59 Å². The van der Waals surface area contributed by atoms with E-state index in [2.05, 4.69) is 20.2 Å². The molecule has 29 heavy (non-hydrogen) atoms. The van der Waals surface area contributed by atoms with Crippen LogP contribution >= 0.6 is 0 Å². The normalized spacial score (nSPS) is 13.9. The number of carbonyl (C=O) groups excluding carboxylic acids is 2. The molecule has 4 rings (SSSR count). The van der Waals surface area contributed by atoms with E-state index in [1.165, 1.54) is 12.3 Å². The molecule has 1 aliphatic rings. The Morgan fingerprint density at radius 1 is 1.00 bits per heavy atom. The summed E-state index contributed by atoms with van der Waals surface area (Å²) in [6.45, 7) is 2.84. The summed E-state index contributed by atoms with van der Waals surface area (Å²) in [6, 6.07) is 12.5. The lowest BCUT2D eigenvalue weighted by Crippen LogP contribution is -2.49. The number of pyridine rings is 2. The first-order chi connectivity index (χ1) is 14.2. The van der Waals surface area contributed by atoms with Crippen molar-refractivity contribution in [1.29, 1.82) is 0 Å². The van der Waals surface area contributed by atoms with Crippen LogP contribution in [0.15, 0.2) is 65.5 Å². The van der Waals surface area contributed by atoms with Crippen LogP contribution in [0.25, 0.3) is 0 Å². The smallest absolute Gasteiger partial charge is 0.272 e. The lowest BCUT2D eigenvalue weighted by Gasteiger charge is -2.35. The standard InChI is InChI=1S/C21H21N5O3/c27-20(24-15-17-4-3-13-29-17)16-6-8-22-18(14-16)21(28)26-11-9-25(10-12-26)19-5-1-2-7-23-19/h1-8,13-14H,9-12,15H2,(H,24,27). The average Bonchev–Trinajstić information content (AvgIpc) is 3.31. The fourth-order valence-electron chi connectivity index (χ4n) is 3.21. The van der Waals surface area contributed by atoms with Crippen LogP contribution in [-0.4, -0.2) is 52.9 Å². The molecule has 3 aromatic rings. The second-order valence-electron chi connectivity index (χ2n) is 6.66. The predicted molar refractivity (Wildman–Crippen MR) is 106 cm³/mol. The highest BCUT2D eigenvalue weighted by atomic mass is 16.3. The van der Waals surface area contributed by atoms with Gasteiger partial charge in [-0.2, -0.15) is 0 Å². The average molecular weight is 391 g/mol. The molecule has 4 heterocycles. The minimum Gasteiger partial charge on any atom is -0.467 e. The zero-order valence-electron chi connectivity index (χ0n) is 15.8. The van der Waals surface area contributed by atoms with Gasteiger partial charge in [0.2, 0.25) is 0 Å². The third kappa shape index (κ3) is 4.43. The molecular formula is C21H21N5O3. The molecule has 1 fully saturated rings. The topological polar surface area (TPSA) is 91.6 Å². The highest BCUT2D eigenvalue weighted by Gasteiger charge is 2.24. The monoisotopic (exact) mass is 391 g/mol. The molecule has 0 bridgehead atoms. The zero-order valence-corrected chi connectivity index (χ0v) is 15.8. The molecule has 0 unspecified atom stereocenters. The summed E-state index contributed by atoms with van der Waals surface area (Å²) >= 11 is 0. The van der Waals surface area contributed by atoms with Crippen LogP contribution in [0.4, 0.5) is 5.82 Å². The van der Waals surface area contributed by atoms with Gasteiger partial charge in [-0.15, -0.1) is 0 Å². The van der Waals surface area contributed by atoms with Gasteiger partial charge < -0.3 is 19.5 Å². The molecule has 148 valence electrons. The summed E-state index contributed by atoms with van der Waals surface area (Å²) in [6.07, 6.45) is 4.80. The molecule has 3 aromatic heterocycles. The van der Waals surface area contributed by atoms with Gasteiger partial charge in [0.1, 0.15) is 17.3 Å². The summed E-state index contributed by atoms with van der Waals surface area (Å²) in [5, 5.41) is 2.77. The number of anilines is 1. The molecule has 0 radical (unpaired) electrons. The van der Waals surface area contributed by atoms with Crippen LogP contribution < -0.4 is 10.2 Å². The van der Waals surface area contributed by atoms with E-state index in [1.807, 2.05) is 18.2 Å². The van der Waals surface area contributed by atoms with Gasteiger partial charge in [0.15, 0.2) is 0 Å². The largest absolute Gasteiger partial charge is 0.467 e. The predicted octanol–water partition coefficient (Wildman–Crippen LogP) is 1.96. The second kappa shape index (κ2) is 8.55. The third-order valence-electron chi connectivity index (χ3n) is 4.78. The molecule has 0 atom stereocenters. The van der Waals surface area contributed by atoms with E-state index in [-0.39, 0.29) is 24.1 Å². The fraction of sp³-hybridized carbons (Fsp3) is 0.238. The van der Waals surface area contributed by atoms with Crippen molar-refractivity contribution in [2.24, 2.45) is 0 Å². The lowest BCUT2D eigenvalue weighted by molar-refractivity contribution is 0.0740. The Kier molecular flexibility index (Phi) is 5.51. The number of nitrogens with one attached hydrogen (secondary N) is 1. The molecular weight excluding hydrogens is 370 g/mol. The lowest BCUT2D eigenvalue weighted by atomic mass is 10.2. The van der Waals surface area contributed by atoms with Gasteiger partial charge in [-0.1, -0.05) is 6.07 Å². The van der Waals surface area contributed by atoms with Crippen molar-refractivity contribution < 1.29 is 14.0 Å². The number of furan rings is 1. The summed E-state index contributed by atoms with van der Waals surface area (Å²) in [4.78, 5) is 37.6. The van der Waals surface area contributed by atoms with Crippen molar-refractivity contribution in [3.63, 3.8) is 0 Å². The maximum absolute atomic E-state index is 12.8. The number of carbonyl (C=O) groups is 2. The summed E-state index contributed by atoms with van der Waals surface area (Å²) in [7, 11) is 0. The minimum absolute atomic E-state index is 0.175. The number of amides is 2. The minimum atomic E-state index is -0.280. The van der Waals surface area contributed by atoms with Crippen LogP contribution in [0.1, 0.15) is 26.6 Å². The van der Waals surface area contributed by atoms with Crippen molar-refractivity contribution in [2.45, 2.75) is 6.54 Å². The van der Waals surface area contributed by atoms with Gasteiger partial charge in [-0.25, -0.2) is 4.98 Å². The quantitative estimate of drug-likeness (QED) is 0.715. The van der Waals surface area contributed by atoms with Crippen LogP contribution in [0.3, 0.4) is 0 Å². The number of nitrogens with zero attached hydrogens (tertiary/aromatic N) is 4. The van der Waals surface area contributed by atoms with Crippen LogP contribution in [0, 0.1) is 0 Å². The Labute approximate surface area is 168 Å². The zero-order chi connectivity index (χ0) is 20.1. The summed E-state index contributed by atoms with van der Waals surface area (Å²) in [5.74, 6) is 1.12. The fourth-order valence-corrected chi connectivity index (χ4v) is 3.21. The van der Waals surface area contributed by atoms with Gasteiger partial charge in [0, 0.05) is 44.1 Å². The second-order valence-corrected chi connectivity index (χ2v) is 6.66. The summed E-state index contributed by atoms with van der Waals surface area (Å²) < 4.78 is 5.21. The molecule has 8 nitrogen and oxygen atoms in total. The van der Waals surface area contributed by atoms with E-state index >= 15 is 0 Å². The molecule has 2 amide bonds. The third-order valence-corrected chi connectivity index (χ3v) is 4.78. The number of piperazine rings is 1. The van der Waals surface area contributed by atoms with Gasteiger partial charge in [0.25, 0.3) is 11.8 Å². The number of rotatable bonds is 5. The van der Waals surface area contributed by atoms with E-state index in [1.54, 1.807) is 35.6 Å². The Morgan fingerprint density at radius 2 is 1.86 bits per heavy atom. The molecule has 1 saturated heterocycles. The molecule has 0 spiro atoms. The number of hydrogen-bond donors (Lipinski definition) is 1. The van der Waals surface area contributed by atoms with Crippen molar-refractivity contribution in [1.82, 2.24) is 20.2 Å². The van der Waals surface area contributed by atoms with E-state index in [0.717, 1.165) is 5.82 Å². The van der Waals surface area contributed by atoms with Gasteiger partial charge in [-0.3, -0.25) is 14.6 Å². The molecule has 1 aliphatic heterocycles. The maximum Gasteiger partial charge on any atom is 0.272 e. The molecule has 0 aromatic carbocycles. The molecule has 0 saturated carbocycles. The Morgan fingerprint density at radius 3 is 2.59 bits per heavy atom. The number of hydrogen-bond acceptors (Lipinski definition) is 6. The Hall–Kier alpha value is -3.68. The van der Waals surface area contributed by atoms with Crippen molar-refractivity contribution >= 4 is 17.6 Å². The van der Waals surface area contributed by atoms with E-state index in [0.29, 0.717) is 37.5 Å². The first-order valence-electron chi connectivity index (χ1n) is 9.42. The van der Waals surface area contributed by atoms with Gasteiger partial charge >= 0.3 is 0 Å². The molecule has 0 aliphatic carbocycles. The first-order valence-corrected chi connectivity index (χ1v) is 9.42. The van der Waals surface area contributed by atoms with Crippen molar-refractivity contribution in [2.75, 3.05) is 31.1 Å². The number of aromatic nitrogens is 2. The van der Waals surface area contributed by atoms with Crippen LogP contribution in [-0.2, 0) is 6.54 Å². The van der Waals surface area contributed by atoms with Gasteiger partial charge in [-0.05, 0) is 36.4 Å². The summed E-state index contributed by atoms with van der Waals surface area (Å²) in [5.41, 5.74) is 0.656. The van der Waals surface area contributed by atoms with Crippen LogP contribution in [0.5, 0.6) is 0 Å². The Balaban J connectivity index is 1.36. The van der Waals surface area contributed by atoms with E-state index < -0.39 is 0 Å². The van der Waals surface area contributed by atoms with Crippen molar-refractivity contribution in [3.8, 4) is 0 Å². The van der Waals surface area contributed by atoms with E-state index in [4.69, 9.17) is 4.42 Å². The molecule has 8 heteroatoms. The maximum atomic E-state index is 12.8. The molecule has 1 N–H and O–H groups in total. The highest BCUT2D eigenvalue weighted by Crippen LogP contribution is 2.14. The van der Waals surface area contributed by atoms with Crippen molar-refractivity contribution in [3.05, 3.63) is 78.1 Å². The Bertz CT molecular complexity index is 967. The van der Waals surface area contributed by atoms with Crippen LogP contribution in [0.2, 0.25) is 0 Å². The van der Waals surface area contributed by atoms with Gasteiger partial charge in [0.05, 0.1) is 12.8 Å². The SMILES string of the molecule is O=C(NCc1ccco1)c1ccnc(C(=O)N2CCN(c3ccccn3)CC2)c1. The first kappa shape index (κ1) is 18.7. The highest BCUT2D eigenvalue weighted by molar-refractivity contribution is 5.98.